The van der Waals surface area contributed by atoms with Gasteiger partial charge in [-0.2, -0.15) is 0 Å². The second-order valence-electron chi connectivity index (χ2n) is 6.92. The van der Waals surface area contributed by atoms with Gasteiger partial charge in [0.15, 0.2) is 5.82 Å². The van der Waals surface area contributed by atoms with Crippen LogP contribution in [-0.2, 0) is 11.3 Å². The maximum atomic E-state index is 12.6. The van der Waals surface area contributed by atoms with Gasteiger partial charge in [-0.05, 0) is 44.0 Å². The first-order valence-electron chi connectivity index (χ1n) is 9.17. The number of amides is 1. The monoisotopic (exact) mass is 366 g/mol. The molecule has 1 saturated heterocycles. The van der Waals surface area contributed by atoms with Crippen molar-refractivity contribution in [1.29, 1.82) is 0 Å². The van der Waals surface area contributed by atoms with E-state index in [9.17, 15) is 9.59 Å². The third-order valence-electron chi connectivity index (χ3n) is 4.91. The van der Waals surface area contributed by atoms with Crippen LogP contribution in [0.15, 0.2) is 45.6 Å². The van der Waals surface area contributed by atoms with E-state index in [0.29, 0.717) is 24.4 Å². The van der Waals surface area contributed by atoms with Gasteiger partial charge in [-0.25, -0.2) is 4.98 Å². The molecular formula is C20H22N4O3. The number of aromatic amines is 1. The number of hydrogen-bond acceptors (Lipinski definition) is 5. The number of hydrogen-bond donors (Lipinski definition) is 2. The predicted octanol–water partition coefficient (Wildman–Crippen LogP) is 2.36. The number of nitrogens with one attached hydrogen (secondary N) is 2. The molecule has 4 rings (SSSR count). The second kappa shape index (κ2) is 7.26. The number of aryl methyl sites for hydroxylation is 1. The maximum absolute atomic E-state index is 12.6. The molecule has 1 unspecified atom stereocenters. The molecule has 7 nitrogen and oxygen atoms in total. The summed E-state index contributed by atoms with van der Waals surface area (Å²) in [6.45, 7) is 3.45. The van der Waals surface area contributed by atoms with Crippen LogP contribution in [0.4, 0.5) is 5.82 Å². The lowest BCUT2D eigenvalue weighted by atomic mass is 9.97. The van der Waals surface area contributed by atoms with Gasteiger partial charge in [0.2, 0.25) is 5.91 Å². The highest BCUT2D eigenvalue weighted by Crippen LogP contribution is 2.21. The zero-order chi connectivity index (χ0) is 18.8. The SMILES string of the molecule is Cc1ccc(CNC(=O)C2CCCN(c3nc4ccccc4[nH]c3=O)C2)o1. The molecule has 2 N–H and O–H groups in total. The van der Waals surface area contributed by atoms with Gasteiger partial charge in [-0.1, -0.05) is 12.1 Å². The molecule has 3 aromatic rings. The summed E-state index contributed by atoms with van der Waals surface area (Å²) in [5.74, 6) is 1.74. The first kappa shape index (κ1) is 17.3. The largest absolute Gasteiger partial charge is 0.465 e. The highest BCUT2D eigenvalue weighted by Gasteiger charge is 2.28. The molecule has 3 heterocycles. The quantitative estimate of drug-likeness (QED) is 0.740. The van der Waals surface area contributed by atoms with Gasteiger partial charge in [0.25, 0.3) is 5.56 Å². The van der Waals surface area contributed by atoms with E-state index >= 15 is 0 Å². The van der Waals surface area contributed by atoms with Crippen molar-refractivity contribution in [3.63, 3.8) is 0 Å². The molecule has 0 radical (unpaired) electrons. The molecule has 0 bridgehead atoms. The Morgan fingerprint density at radius 2 is 2.19 bits per heavy atom. The van der Waals surface area contributed by atoms with E-state index in [0.717, 1.165) is 36.4 Å². The first-order valence-corrected chi connectivity index (χ1v) is 9.17. The number of benzene rings is 1. The van der Waals surface area contributed by atoms with Gasteiger partial charge in [0, 0.05) is 13.1 Å². The average Bonchev–Trinajstić information content (AvgIpc) is 3.11. The summed E-state index contributed by atoms with van der Waals surface area (Å²) >= 11 is 0. The van der Waals surface area contributed by atoms with E-state index in [2.05, 4.69) is 15.3 Å². The van der Waals surface area contributed by atoms with Crippen molar-refractivity contribution in [2.45, 2.75) is 26.3 Å². The Bertz CT molecular complexity index is 1020. The Morgan fingerprint density at radius 1 is 1.33 bits per heavy atom. The lowest BCUT2D eigenvalue weighted by Crippen LogP contribution is -2.44. The van der Waals surface area contributed by atoms with E-state index in [1.807, 2.05) is 48.2 Å². The highest BCUT2D eigenvalue weighted by atomic mass is 16.3. The van der Waals surface area contributed by atoms with Crippen molar-refractivity contribution in [3.05, 3.63) is 58.3 Å². The number of para-hydroxylation sites is 2. The summed E-state index contributed by atoms with van der Waals surface area (Å²) < 4.78 is 5.49. The number of carbonyl (C=O) groups is 1. The van der Waals surface area contributed by atoms with Crippen LogP contribution in [0.1, 0.15) is 24.4 Å². The fourth-order valence-electron chi connectivity index (χ4n) is 3.52. The molecule has 140 valence electrons. The fraction of sp³-hybridized carbons (Fsp3) is 0.350. The minimum absolute atomic E-state index is 0.0222. The van der Waals surface area contributed by atoms with Gasteiger partial charge in [0.05, 0.1) is 23.5 Å². The Labute approximate surface area is 156 Å². The van der Waals surface area contributed by atoms with E-state index in [1.165, 1.54) is 0 Å². The average molecular weight is 366 g/mol. The summed E-state index contributed by atoms with van der Waals surface area (Å²) in [5.41, 5.74) is 1.24. The molecule has 1 aliphatic heterocycles. The fourth-order valence-corrected chi connectivity index (χ4v) is 3.52. The zero-order valence-corrected chi connectivity index (χ0v) is 15.2. The third kappa shape index (κ3) is 3.72. The molecule has 1 atom stereocenters. The van der Waals surface area contributed by atoms with Crippen LogP contribution in [0.2, 0.25) is 0 Å². The third-order valence-corrected chi connectivity index (χ3v) is 4.91. The van der Waals surface area contributed by atoms with Crippen LogP contribution in [0.5, 0.6) is 0 Å². The number of carbonyl (C=O) groups excluding carboxylic acids is 1. The van der Waals surface area contributed by atoms with Gasteiger partial charge >= 0.3 is 0 Å². The van der Waals surface area contributed by atoms with Crippen LogP contribution >= 0.6 is 0 Å². The topological polar surface area (TPSA) is 91.2 Å². The lowest BCUT2D eigenvalue weighted by molar-refractivity contribution is -0.125. The number of nitrogens with zero attached hydrogens (tertiary/aromatic N) is 2. The van der Waals surface area contributed by atoms with Crippen molar-refractivity contribution in [2.75, 3.05) is 18.0 Å². The Balaban J connectivity index is 1.47. The second-order valence-corrected chi connectivity index (χ2v) is 6.92. The van der Waals surface area contributed by atoms with E-state index in [-0.39, 0.29) is 17.4 Å². The van der Waals surface area contributed by atoms with Crippen LogP contribution < -0.4 is 15.8 Å². The molecule has 0 saturated carbocycles. The number of piperidine rings is 1. The predicted molar refractivity (Wildman–Crippen MR) is 103 cm³/mol. The number of furan rings is 1. The van der Waals surface area contributed by atoms with Crippen LogP contribution in [-0.4, -0.2) is 29.0 Å². The summed E-state index contributed by atoms with van der Waals surface area (Å²) in [7, 11) is 0. The molecular weight excluding hydrogens is 344 g/mol. The number of H-pyrrole nitrogens is 1. The molecule has 0 aliphatic carbocycles. The minimum Gasteiger partial charge on any atom is -0.465 e. The maximum Gasteiger partial charge on any atom is 0.291 e. The smallest absolute Gasteiger partial charge is 0.291 e. The van der Waals surface area contributed by atoms with Gasteiger partial charge in [-0.15, -0.1) is 0 Å². The number of anilines is 1. The molecule has 1 fully saturated rings. The molecule has 1 amide bonds. The molecule has 1 aromatic carbocycles. The Morgan fingerprint density at radius 3 is 3.00 bits per heavy atom. The van der Waals surface area contributed by atoms with Crippen LogP contribution in [0, 0.1) is 12.8 Å². The zero-order valence-electron chi connectivity index (χ0n) is 15.2. The Hall–Kier alpha value is -3.09. The number of fused-ring (bicyclic) bond motifs is 1. The van der Waals surface area contributed by atoms with Crippen molar-refractivity contribution in [2.24, 2.45) is 5.92 Å². The molecule has 1 aliphatic rings. The van der Waals surface area contributed by atoms with Crippen molar-refractivity contribution in [1.82, 2.24) is 15.3 Å². The van der Waals surface area contributed by atoms with E-state index in [1.54, 1.807) is 0 Å². The van der Waals surface area contributed by atoms with E-state index in [4.69, 9.17) is 4.42 Å². The first-order chi connectivity index (χ1) is 13.1. The standard InChI is InChI=1S/C20H22N4O3/c1-13-8-9-15(27-13)11-21-19(25)14-5-4-10-24(12-14)18-20(26)23-17-7-3-2-6-16(17)22-18/h2-3,6-9,14H,4-5,10-12H2,1H3,(H,21,25)(H,23,26). The van der Waals surface area contributed by atoms with Gasteiger partial charge in [0.1, 0.15) is 11.5 Å². The van der Waals surface area contributed by atoms with Crippen LogP contribution in [0.3, 0.4) is 0 Å². The van der Waals surface area contributed by atoms with Gasteiger partial charge in [-0.3, -0.25) is 9.59 Å². The lowest BCUT2D eigenvalue weighted by Gasteiger charge is -2.32. The van der Waals surface area contributed by atoms with Crippen molar-refractivity contribution >= 4 is 22.8 Å². The number of aromatic nitrogens is 2. The van der Waals surface area contributed by atoms with E-state index < -0.39 is 0 Å². The summed E-state index contributed by atoms with van der Waals surface area (Å²) in [4.78, 5) is 34.3. The van der Waals surface area contributed by atoms with Crippen molar-refractivity contribution in [3.8, 4) is 0 Å². The Kier molecular flexibility index (Phi) is 4.66. The molecule has 27 heavy (non-hydrogen) atoms. The highest BCUT2D eigenvalue weighted by molar-refractivity contribution is 5.80. The minimum atomic E-state index is -0.221. The van der Waals surface area contributed by atoms with Crippen LogP contribution in [0.25, 0.3) is 11.0 Å². The molecule has 7 heteroatoms. The molecule has 0 spiro atoms. The summed E-state index contributed by atoms with van der Waals surface area (Å²) in [6, 6.07) is 11.2. The summed E-state index contributed by atoms with van der Waals surface area (Å²) in [5, 5.41) is 2.93. The normalized spacial score (nSPS) is 17.2. The van der Waals surface area contributed by atoms with Gasteiger partial charge < -0.3 is 19.6 Å². The molecule has 2 aromatic heterocycles. The number of rotatable bonds is 4. The van der Waals surface area contributed by atoms with Crippen molar-refractivity contribution < 1.29 is 9.21 Å². The summed E-state index contributed by atoms with van der Waals surface area (Å²) in [6.07, 6.45) is 1.64.